The van der Waals surface area contributed by atoms with Gasteiger partial charge in [-0.15, -0.1) is 0 Å². The summed E-state index contributed by atoms with van der Waals surface area (Å²) in [6.07, 6.45) is 1.50. The van der Waals surface area contributed by atoms with Crippen LogP contribution in [0.25, 0.3) is 11.0 Å². The van der Waals surface area contributed by atoms with Crippen LogP contribution in [0.15, 0.2) is 12.3 Å². The van der Waals surface area contributed by atoms with Crippen LogP contribution in [0.1, 0.15) is 0 Å². The van der Waals surface area contributed by atoms with Crippen LogP contribution >= 0.6 is 42.9 Å². The van der Waals surface area contributed by atoms with Gasteiger partial charge in [0.25, 0.3) is 0 Å². The van der Waals surface area contributed by atoms with E-state index in [0.717, 1.165) is 0 Å². The minimum absolute atomic E-state index is 0.0255. The Kier molecular flexibility index (Phi) is 5.05. The maximum absolute atomic E-state index is 13.0. The maximum atomic E-state index is 13.0. The molecule has 0 aliphatic carbocycles. The molecule has 0 fully saturated rings. The molecule has 0 amide bonds. The first-order valence-corrected chi connectivity index (χ1v) is 11.2. The van der Waals surface area contributed by atoms with Gasteiger partial charge in [-0.05, 0) is 11.0 Å². The normalized spacial score (nSPS) is 9.79. The first-order chi connectivity index (χ1) is 6.70. The van der Waals surface area contributed by atoms with E-state index in [4.69, 9.17) is 23.2 Å². The molecule has 0 atom stereocenters. The molecule has 2 nitrogen and oxygen atoms in total. The van der Waals surface area contributed by atoms with Crippen LogP contribution in [-0.4, -0.2) is 4.98 Å². The second-order valence-corrected chi connectivity index (χ2v) is 2.95. The molecule has 2 heterocycles. The van der Waals surface area contributed by atoms with Crippen molar-refractivity contribution in [1.82, 2.24) is 9.97 Å². The molecule has 0 aliphatic rings. The van der Waals surface area contributed by atoms with Gasteiger partial charge in [0.1, 0.15) is 0 Å². The molecule has 0 saturated carbocycles. The monoisotopic (exact) mass is 522 g/mol. The summed E-state index contributed by atoms with van der Waals surface area (Å²) in [6, 6.07) is 1.59. The number of fused-ring (bicyclic) bond motifs is 1. The minimum atomic E-state index is -0.696. The molecular weight excluding hydrogens is 519 g/mol. The first-order valence-electron chi connectivity index (χ1n) is 3.25. The van der Waals surface area contributed by atoms with E-state index in [1.807, 2.05) is 15.1 Å². The van der Waals surface area contributed by atoms with E-state index in [-0.39, 0.29) is 10.2 Å². The molecule has 0 aliphatic heterocycles. The SMILES string of the molecule is Fc1c(Cl)nc2[n-]ccc2c1Cl.[I][Os]. The number of hydrogen-bond acceptors (Lipinski definition) is 1. The predicted molar refractivity (Wildman–Crippen MR) is 59.1 cm³/mol. The number of rotatable bonds is 0. The Morgan fingerprint density at radius 3 is 2.71 bits per heavy atom. The summed E-state index contributed by atoms with van der Waals surface area (Å²) >= 11 is 15.1. The second kappa shape index (κ2) is 5.60. The number of nitrogens with zero attached hydrogens (tertiary/aromatic N) is 2. The fourth-order valence-electron chi connectivity index (χ4n) is 0.938. The van der Waals surface area contributed by atoms with E-state index < -0.39 is 5.82 Å². The van der Waals surface area contributed by atoms with Crippen LogP contribution in [0.5, 0.6) is 0 Å². The van der Waals surface area contributed by atoms with E-state index in [0.29, 0.717) is 11.0 Å². The zero-order chi connectivity index (χ0) is 10.7. The number of aromatic nitrogens is 2. The van der Waals surface area contributed by atoms with Crippen molar-refractivity contribution in [3.8, 4) is 0 Å². The summed E-state index contributed by atoms with van der Waals surface area (Å²) < 4.78 is 13.0. The van der Waals surface area contributed by atoms with Crippen molar-refractivity contribution >= 4 is 53.9 Å². The van der Waals surface area contributed by atoms with Crippen LogP contribution in [0, 0.1) is 5.82 Å². The summed E-state index contributed by atoms with van der Waals surface area (Å²) in [6.45, 7) is 0. The van der Waals surface area contributed by atoms with Gasteiger partial charge in [-0.3, -0.25) is 0 Å². The van der Waals surface area contributed by atoms with E-state index in [2.05, 4.69) is 29.6 Å². The van der Waals surface area contributed by atoms with Crippen LogP contribution in [0.3, 0.4) is 0 Å². The predicted octanol–water partition coefficient (Wildman–Crippen LogP) is 3.52. The molecule has 0 aromatic carbocycles. The van der Waals surface area contributed by atoms with Gasteiger partial charge in [0, 0.05) is 0 Å². The van der Waals surface area contributed by atoms with Gasteiger partial charge in [-0.2, -0.15) is 0 Å². The van der Waals surface area contributed by atoms with Crippen LogP contribution in [0.4, 0.5) is 4.39 Å². The Labute approximate surface area is 111 Å². The average Bonchev–Trinajstić information content (AvgIpc) is 2.65. The zero-order valence-corrected chi connectivity index (χ0v) is 12.6. The van der Waals surface area contributed by atoms with Gasteiger partial charge < -0.3 is 9.97 Å². The summed E-state index contributed by atoms with van der Waals surface area (Å²) in [5.41, 5.74) is 0.367. The van der Waals surface area contributed by atoms with Crippen molar-refractivity contribution in [2.45, 2.75) is 0 Å². The van der Waals surface area contributed by atoms with Crippen LogP contribution in [-0.2, 0) is 15.1 Å². The van der Waals surface area contributed by atoms with Gasteiger partial charge in [-0.25, -0.2) is 4.39 Å². The van der Waals surface area contributed by atoms with Gasteiger partial charge >= 0.3 is 34.7 Å². The second-order valence-electron chi connectivity index (χ2n) is 2.21. The van der Waals surface area contributed by atoms with E-state index in [1.54, 1.807) is 6.07 Å². The molecule has 0 spiro atoms. The molecular formula is C7H2Cl2FIN2Os-. The first kappa shape index (κ1) is 12.6. The van der Waals surface area contributed by atoms with Crippen LogP contribution in [0.2, 0.25) is 10.2 Å². The summed E-state index contributed by atoms with van der Waals surface area (Å²) in [4.78, 5) is 7.53. The Bertz CT molecular complexity index is 448. The fraction of sp³-hybridized carbons (Fsp3) is 0. The third-order valence-electron chi connectivity index (χ3n) is 1.49. The number of halogens is 4. The Hall–Kier alpha value is 0.566. The molecule has 0 N–H and O–H groups in total. The third-order valence-corrected chi connectivity index (χ3v) is 2.11. The molecule has 0 bridgehead atoms. The van der Waals surface area contributed by atoms with Crippen molar-refractivity contribution in [2.75, 3.05) is 0 Å². The van der Waals surface area contributed by atoms with Crippen molar-refractivity contribution in [3.05, 3.63) is 28.3 Å². The zero-order valence-electron chi connectivity index (χ0n) is 6.41. The topological polar surface area (TPSA) is 27.0 Å². The van der Waals surface area contributed by atoms with E-state index in [9.17, 15) is 4.39 Å². The number of hydrogen-bond donors (Lipinski definition) is 0. The van der Waals surface area contributed by atoms with Crippen molar-refractivity contribution in [2.24, 2.45) is 0 Å². The quantitative estimate of drug-likeness (QED) is 0.392. The molecule has 14 heavy (non-hydrogen) atoms. The van der Waals surface area contributed by atoms with Gasteiger partial charge in [0.05, 0.1) is 10.2 Å². The van der Waals surface area contributed by atoms with Crippen molar-refractivity contribution in [1.29, 1.82) is 0 Å². The molecule has 0 radical (unpaired) electrons. The van der Waals surface area contributed by atoms with Crippen LogP contribution < -0.4 is 4.98 Å². The Morgan fingerprint density at radius 1 is 1.43 bits per heavy atom. The Morgan fingerprint density at radius 2 is 2.07 bits per heavy atom. The van der Waals surface area contributed by atoms with Gasteiger partial charge in [0.2, 0.25) is 0 Å². The third kappa shape index (κ3) is 2.38. The standard InChI is InChI=1S/C7H2Cl2FN2.HI.Os/c8-4-3-1-2-11-7(3)12-6(9)5(4)10;;/h1-2H;1H;/q-1;;+1/p-1. The molecule has 7 heteroatoms. The molecule has 0 saturated heterocycles. The van der Waals surface area contributed by atoms with Gasteiger partial charge in [0.15, 0.2) is 5.82 Å². The van der Waals surface area contributed by atoms with Gasteiger partial charge in [-0.1, -0.05) is 35.5 Å². The molecule has 2 rings (SSSR count). The fourth-order valence-corrected chi connectivity index (χ4v) is 1.40. The molecule has 2 aromatic heterocycles. The van der Waals surface area contributed by atoms with Crippen molar-refractivity contribution in [3.63, 3.8) is 0 Å². The van der Waals surface area contributed by atoms with E-state index >= 15 is 0 Å². The summed E-state index contributed by atoms with van der Waals surface area (Å²) in [5, 5.41) is 0.215. The molecule has 77 valence electrons. The van der Waals surface area contributed by atoms with Crippen molar-refractivity contribution < 1.29 is 19.4 Å². The average molecular weight is 521 g/mol. The Balaban J connectivity index is 0.000000461. The molecule has 2 aromatic rings. The summed E-state index contributed by atoms with van der Waals surface area (Å²) in [7, 11) is 0. The number of pyridine rings is 1. The van der Waals surface area contributed by atoms with E-state index in [1.165, 1.54) is 6.20 Å². The summed E-state index contributed by atoms with van der Waals surface area (Å²) in [5.74, 6) is -0.696. The molecule has 0 unspecified atom stereocenters.